The Morgan fingerprint density at radius 3 is 2.33 bits per heavy atom. The van der Waals surface area contributed by atoms with Gasteiger partial charge in [-0.2, -0.15) is 5.10 Å². The van der Waals surface area contributed by atoms with E-state index in [0.29, 0.717) is 12.0 Å². The number of nitrogens with one attached hydrogen (secondary N) is 1. The van der Waals surface area contributed by atoms with Gasteiger partial charge in [0.05, 0.1) is 35.9 Å². The van der Waals surface area contributed by atoms with Gasteiger partial charge in [0.2, 0.25) is 0 Å². The largest absolute Gasteiger partial charge is 0.506 e. The second-order valence-corrected chi connectivity index (χ2v) is 14.3. The normalized spacial score (nSPS) is 15.2. The van der Waals surface area contributed by atoms with Crippen molar-refractivity contribution in [1.29, 1.82) is 0 Å². The smallest absolute Gasteiger partial charge is 0.476 e. The molecular weight excluding hydrogens is 651 g/mol. The summed E-state index contributed by atoms with van der Waals surface area (Å²) >= 11 is 0. The topological polar surface area (TPSA) is 165 Å². The van der Waals surface area contributed by atoms with Gasteiger partial charge in [0.25, 0.3) is 17.6 Å². The Bertz CT molecular complexity index is 1700. The number of hydrogen-bond donors (Lipinski definition) is 2. The van der Waals surface area contributed by atoms with Gasteiger partial charge in [0, 0.05) is 43.7 Å². The van der Waals surface area contributed by atoms with Crippen LogP contribution in [-0.4, -0.2) is 87.2 Å². The van der Waals surface area contributed by atoms with E-state index in [0.717, 1.165) is 18.3 Å². The number of Topliss-reactive ketones (excluding diaryl/α,β-unsaturated/α-hetero) is 1. The third kappa shape index (κ3) is 9.54. The summed E-state index contributed by atoms with van der Waals surface area (Å²) in [4.78, 5) is 47.7. The Morgan fingerprint density at radius 1 is 1.02 bits per heavy atom. The van der Waals surface area contributed by atoms with Crippen molar-refractivity contribution in [1.82, 2.24) is 19.4 Å². The minimum absolute atomic E-state index is 0.0413. The maximum Gasteiger partial charge on any atom is 0.476 e. The fourth-order valence-corrected chi connectivity index (χ4v) is 6.21. The molecule has 49 heavy (non-hydrogen) atoms. The third-order valence-corrected chi connectivity index (χ3v) is 9.43. The van der Waals surface area contributed by atoms with Crippen LogP contribution in [0.1, 0.15) is 75.1 Å². The molecule has 0 radical (unpaired) electrons. The lowest BCUT2D eigenvalue weighted by molar-refractivity contribution is -0.127. The molecule has 0 spiro atoms. The molecule has 14 nitrogen and oxygen atoms in total. The van der Waals surface area contributed by atoms with Crippen molar-refractivity contribution >= 4 is 47.9 Å². The highest BCUT2D eigenvalue weighted by atomic mass is 31.2. The van der Waals surface area contributed by atoms with Gasteiger partial charge in [-0.25, -0.2) is 9.55 Å². The van der Waals surface area contributed by atoms with Crippen LogP contribution in [0.4, 0.5) is 5.82 Å². The van der Waals surface area contributed by atoms with Crippen LogP contribution >= 0.6 is 7.82 Å². The molecule has 0 aliphatic carbocycles. The first-order valence-electron chi connectivity index (χ1n) is 16.6. The number of carbonyl (C=O) groups is 3. The number of ketones is 1. The van der Waals surface area contributed by atoms with E-state index in [4.69, 9.17) is 13.6 Å². The molecule has 1 aliphatic heterocycles. The van der Waals surface area contributed by atoms with Crippen molar-refractivity contribution < 1.29 is 37.6 Å². The van der Waals surface area contributed by atoms with Crippen molar-refractivity contribution in [3.8, 4) is 5.75 Å². The number of nitrogens with zero attached hydrogens (tertiary/aromatic N) is 5. The molecule has 1 fully saturated rings. The number of aromatic hydroxyl groups is 1. The molecule has 3 aromatic rings. The molecule has 2 N–H and O–H groups in total. The molecule has 4 rings (SSSR count). The van der Waals surface area contributed by atoms with Gasteiger partial charge >= 0.3 is 7.82 Å². The Balaban J connectivity index is 1.65. The minimum Gasteiger partial charge on any atom is -0.506 e. The SMILES string of the molecule is CCCCOP(=O)(OCC(C)C)OCn1cc(C(=O)C(=O)N2CCN(C(=O)c3ccccc3)CC2)c2c(O)cnc(N/N=C(/C)C(C)C)c21. The number of hydrazone groups is 1. The van der Waals surface area contributed by atoms with Crippen LogP contribution in [0.3, 0.4) is 0 Å². The van der Waals surface area contributed by atoms with Crippen LogP contribution in [0, 0.1) is 11.8 Å². The summed E-state index contributed by atoms with van der Waals surface area (Å²) in [7, 11) is -4.05. The summed E-state index contributed by atoms with van der Waals surface area (Å²) in [6.07, 6.45) is 3.96. The molecule has 1 saturated heterocycles. The van der Waals surface area contributed by atoms with E-state index in [-0.39, 0.29) is 85.2 Å². The van der Waals surface area contributed by atoms with Crippen LogP contribution in [0.15, 0.2) is 47.8 Å². The van der Waals surface area contributed by atoms with Crippen LogP contribution in [0.5, 0.6) is 5.75 Å². The molecule has 3 heterocycles. The zero-order valence-corrected chi connectivity index (χ0v) is 29.9. The van der Waals surface area contributed by atoms with Gasteiger partial charge in [-0.15, -0.1) is 0 Å². The Hall–Kier alpha value is -4.10. The first kappa shape index (κ1) is 37.7. The van der Waals surface area contributed by atoms with E-state index in [9.17, 15) is 24.1 Å². The molecule has 0 bridgehead atoms. The number of carbonyl (C=O) groups excluding carboxylic acids is 3. The highest BCUT2D eigenvalue weighted by Crippen LogP contribution is 2.50. The number of amides is 2. The fourth-order valence-electron chi connectivity index (χ4n) is 4.89. The number of aromatic nitrogens is 2. The van der Waals surface area contributed by atoms with Crippen LogP contribution in [0.2, 0.25) is 0 Å². The quantitative estimate of drug-likeness (QED) is 0.0458. The van der Waals surface area contributed by atoms with Gasteiger partial charge in [0.15, 0.2) is 5.82 Å². The summed E-state index contributed by atoms with van der Waals surface area (Å²) in [5, 5.41) is 15.5. The lowest BCUT2D eigenvalue weighted by atomic mass is 10.1. The molecule has 1 unspecified atom stereocenters. The number of phosphoric acid groups is 1. The van der Waals surface area contributed by atoms with Crippen molar-refractivity contribution in [3.63, 3.8) is 0 Å². The van der Waals surface area contributed by atoms with Crippen molar-refractivity contribution in [3.05, 3.63) is 53.9 Å². The summed E-state index contributed by atoms with van der Waals surface area (Å²) in [5.74, 6) is -1.83. The van der Waals surface area contributed by atoms with Crippen molar-refractivity contribution in [2.24, 2.45) is 16.9 Å². The van der Waals surface area contributed by atoms with Gasteiger partial charge in [0.1, 0.15) is 12.5 Å². The number of unbranched alkanes of at least 4 members (excludes halogenated alkanes) is 1. The van der Waals surface area contributed by atoms with E-state index in [2.05, 4.69) is 15.5 Å². The van der Waals surface area contributed by atoms with Crippen LogP contribution in [-0.2, 0) is 29.7 Å². The lowest BCUT2D eigenvalue weighted by Crippen LogP contribution is -2.52. The van der Waals surface area contributed by atoms with Crippen LogP contribution in [0.25, 0.3) is 10.9 Å². The van der Waals surface area contributed by atoms with Crippen LogP contribution < -0.4 is 5.43 Å². The molecule has 2 aromatic heterocycles. The highest BCUT2D eigenvalue weighted by Gasteiger charge is 2.33. The number of benzene rings is 1. The number of piperazine rings is 1. The fraction of sp³-hybridized carbons (Fsp3) is 0.500. The Labute approximate surface area is 287 Å². The monoisotopic (exact) mass is 698 g/mol. The average Bonchev–Trinajstić information content (AvgIpc) is 3.50. The van der Waals surface area contributed by atoms with Crippen molar-refractivity contribution in [2.45, 2.75) is 61.1 Å². The molecule has 1 aliphatic rings. The second kappa shape index (κ2) is 17.0. The molecule has 0 saturated carbocycles. The summed E-state index contributed by atoms with van der Waals surface area (Å²) in [6, 6.07) is 8.86. The summed E-state index contributed by atoms with van der Waals surface area (Å²) in [5.41, 5.74) is 4.30. The Morgan fingerprint density at radius 2 is 1.69 bits per heavy atom. The van der Waals surface area contributed by atoms with E-state index >= 15 is 0 Å². The number of rotatable bonds is 16. The van der Waals surface area contributed by atoms with Gasteiger partial charge in [-0.1, -0.05) is 59.2 Å². The number of phosphoric ester groups is 1. The van der Waals surface area contributed by atoms with E-state index in [1.165, 1.54) is 15.7 Å². The maximum absolute atomic E-state index is 13.9. The van der Waals surface area contributed by atoms with Crippen molar-refractivity contribution in [2.75, 3.05) is 44.8 Å². The standard InChI is InChI=1S/C34H47N6O8P/c1-7-8-18-46-49(45,47-21-23(2)3)48-22-40-20-27(29-28(41)19-35-32(30(29)40)37-36-25(6)24(4)5)31(42)34(44)39-16-14-38(15-17-39)33(43)26-12-10-9-11-13-26/h9-13,19-20,23-24,41H,7-8,14-18,21-22H2,1-6H3,(H,35,37)/b36-25-. The molecule has 266 valence electrons. The zero-order valence-electron chi connectivity index (χ0n) is 29.0. The first-order valence-corrected chi connectivity index (χ1v) is 18.0. The molecule has 2 amide bonds. The van der Waals surface area contributed by atoms with E-state index < -0.39 is 26.2 Å². The van der Waals surface area contributed by atoms with Gasteiger partial charge in [-0.3, -0.25) is 33.4 Å². The number of hydrogen-bond acceptors (Lipinski definition) is 11. The molecular formula is C34H47N6O8P. The minimum atomic E-state index is -4.05. The first-order chi connectivity index (χ1) is 23.3. The number of fused-ring (bicyclic) bond motifs is 1. The second-order valence-electron chi connectivity index (χ2n) is 12.6. The molecule has 15 heteroatoms. The number of pyridine rings is 1. The Kier molecular flexibility index (Phi) is 13.1. The third-order valence-electron chi connectivity index (χ3n) is 8.03. The predicted molar refractivity (Wildman–Crippen MR) is 187 cm³/mol. The lowest BCUT2D eigenvalue weighted by Gasteiger charge is -2.34. The van der Waals surface area contributed by atoms with E-state index in [1.807, 2.05) is 47.6 Å². The van der Waals surface area contributed by atoms with E-state index in [1.54, 1.807) is 29.2 Å². The zero-order chi connectivity index (χ0) is 35.7. The highest BCUT2D eigenvalue weighted by molar-refractivity contribution is 7.48. The van der Waals surface area contributed by atoms with Gasteiger partial charge in [-0.05, 0) is 37.3 Å². The average molecular weight is 699 g/mol. The number of anilines is 1. The summed E-state index contributed by atoms with van der Waals surface area (Å²) in [6.45, 7) is 12.2. The summed E-state index contributed by atoms with van der Waals surface area (Å²) < 4.78 is 32.0. The van der Waals surface area contributed by atoms with Gasteiger partial charge < -0.3 is 19.5 Å². The molecule has 1 atom stereocenters. The predicted octanol–water partition coefficient (Wildman–Crippen LogP) is 5.92. The molecule has 1 aromatic carbocycles. The maximum atomic E-state index is 13.9.